The molecule has 0 saturated heterocycles. The van der Waals surface area contributed by atoms with Gasteiger partial charge in [-0.2, -0.15) is 0 Å². The molecule has 0 amide bonds. The zero-order chi connectivity index (χ0) is 17.5. The Morgan fingerprint density at radius 1 is 0.538 bits per heavy atom. The SMILES string of the molecule is O=Cc1ccc2c(-c3ccc4ccccc4c3)c3ccccc3cc2c1. The highest BCUT2D eigenvalue weighted by Gasteiger charge is 2.11. The standard InChI is InChI=1S/C25H16O/c26-16-17-9-12-24-22(13-17)15-20-7-3-4-8-23(20)25(24)21-11-10-18-5-1-2-6-19(18)14-21/h1-16H. The Hall–Kier alpha value is -3.45. The van der Waals surface area contributed by atoms with Crippen molar-refractivity contribution in [2.45, 2.75) is 0 Å². The molecule has 0 fully saturated rings. The van der Waals surface area contributed by atoms with Crippen LogP contribution in [-0.2, 0) is 0 Å². The van der Waals surface area contributed by atoms with Crippen LogP contribution in [0, 0.1) is 0 Å². The molecule has 0 unspecified atom stereocenters. The molecule has 0 radical (unpaired) electrons. The van der Waals surface area contributed by atoms with Crippen LogP contribution in [0.1, 0.15) is 10.4 Å². The number of hydrogen-bond donors (Lipinski definition) is 0. The molecule has 0 aliphatic rings. The molecular weight excluding hydrogens is 316 g/mol. The van der Waals surface area contributed by atoms with Gasteiger partial charge in [0.2, 0.25) is 0 Å². The summed E-state index contributed by atoms with van der Waals surface area (Å²) in [4.78, 5) is 11.2. The highest BCUT2D eigenvalue weighted by Crippen LogP contribution is 2.37. The van der Waals surface area contributed by atoms with Crippen LogP contribution in [0.4, 0.5) is 0 Å². The van der Waals surface area contributed by atoms with Crippen molar-refractivity contribution in [1.29, 1.82) is 0 Å². The van der Waals surface area contributed by atoms with Crippen LogP contribution in [-0.4, -0.2) is 6.29 Å². The second-order valence-electron chi connectivity index (χ2n) is 6.63. The molecule has 5 rings (SSSR count). The zero-order valence-electron chi connectivity index (χ0n) is 14.1. The minimum atomic E-state index is 0.706. The highest BCUT2D eigenvalue weighted by atomic mass is 16.1. The maximum Gasteiger partial charge on any atom is 0.150 e. The van der Waals surface area contributed by atoms with Gasteiger partial charge < -0.3 is 0 Å². The molecule has 0 aromatic heterocycles. The molecule has 5 aromatic carbocycles. The molecule has 0 aliphatic heterocycles. The summed E-state index contributed by atoms with van der Waals surface area (Å²) < 4.78 is 0. The van der Waals surface area contributed by atoms with Crippen LogP contribution < -0.4 is 0 Å². The Morgan fingerprint density at radius 3 is 2.12 bits per heavy atom. The zero-order valence-corrected chi connectivity index (χ0v) is 14.1. The number of benzene rings is 5. The average molecular weight is 332 g/mol. The third kappa shape index (κ3) is 2.29. The van der Waals surface area contributed by atoms with Crippen molar-refractivity contribution in [2.24, 2.45) is 0 Å². The lowest BCUT2D eigenvalue weighted by Gasteiger charge is -2.13. The molecule has 0 saturated carbocycles. The summed E-state index contributed by atoms with van der Waals surface area (Å²) in [5, 5.41) is 7.15. The van der Waals surface area contributed by atoms with Crippen LogP contribution in [0.2, 0.25) is 0 Å². The van der Waals surface area contributed by atoms with Gasteiger partial charge in [0.25, 0.3) is 0 Å². The Morgan fingerprint density at radius 2 is 1.27 bits per heavy atom. The van der Waals surface area contributed by atoms with Gasteiger partial charge in [-0.25, -0.2) is 0 Å². The van der Waals surface area contributed by atoms with Crippen LogP contribution >= 0.6 is 0 Å². The van der Waals surface area contributed by atoms with E-state index in [1.807, 2.05) is 12.1 Å². The summed E-state index contributed by atoms with van der Waals surface area (Å²) in [7, 11) is 0. The van der Waals surface area contributed by atoms with Crippen molar-refractivity contribution < 1.29 is 4.79 Å². The fraction of sp³-hybridized carbons (Fsp3) is 0. The van der Waals surface area contributed by atoms with Crippen LogP contribution in [0.5, 0.6) is 0 Å². The second-order valence-corrected chi connectivity index (χ2v) is 6.63. The smallest absolute Gasteiger partial charge is 0.150 e. The largest absolute Gasteiger partial charge is 0.298 e. The lowest BCUT2D eigenvalue weighted by molar-refractivity contribution is 0.112. The van der Waals surface area contributed by atoms with E-state index < -0.39 is 0 Å². The summed E-state index contributed by atoms with van der Waals surface area (Å²) in [6.45, 7) is 0. The van der Waals surface area contributed by atoms with E-state index in [2.05, 4.69) is 78.9 Å². The third-order valence-corrected chi connectivity index (χ3v) is 5.06. The fourth-order valence-corrected chi connectivity index (χ4v) is 3.82. The molecule has 0 N–H and O–H groups in total. The lowest BCUT2D eigenvalue weighted by Crippen LogP contribution is -1.88. The van der Waals surface area contributed by atoms with Crippen molar-refractivity contribution in [1.82, 2.24) is 0 Å². The number of carbonyl (C=O) groups is 1. The van der Waals surface area contributed by atoms with Crippen LogP contribution in [0.15, 0.2) is 91.0 Å². The van der Waals surface area contributed by atoms with E-state index in [0.29, 0.717) is 5.56 Å². The van der Waals surface area contributed by atoms with E-state index in [-0.39, 0.29) is 0 Å². The molecule has 1 heteroatoms. The Labute approximate surface area is 151 Å². The van der Waals surface area contributed by atoms with Gasteiger partial charge in [-0.15, -0.1) is 0 Å². The molecule has 122 valence electrons. The molecule has 5 aromatic rings. The predicted octanol–water partition coefficient (Wildman–Crippen LogP) is 6.63. The summed E-state index contributed by atoms with van der Waals surface area (Å²) in [6, 6.07) is 31.6. The predicted molar refractivity (Wildman–Crippen MR) is 110 cm³/mol. The summed E-state index contributed by atoms with van der Waals surface area (Å²) in [5.41, 5.74) is 3.13. The molecule has 1 nitrogen and oxygen atoms in total. The van der Waals surface area contributed by atoms with E-state index in [1.54, 1.807) is 0 Å². The van der Waals surface area contributed by atoms with E-state index >= 15 is 0 Å². The number of aldehydes is 1. The Kier molecular flexibility index (Phi) is 3.32. The van der Waals surface area contributed by atoms with Gasteiger partial charge in [0.05, 0.1) is 0 Å². The summed E-state index contributed by atoms with van der Waals surface area (Å²) >= 11 is 0. The first-order valence-corrected chi connectivity index (χ1v) is 8.73. The number of hydrogen-bond acceptors (Lipinski definition) is 1. The van der Waals surface area contributed by atoms with E-state index in [1.165, 1.54) is 38.1 Å². The normalized spacial score (nSPS) is 11.2. The summed E-state index contributed by atoms with van der Waals surface area (Å²) in [6.07, 6.45) is 0.907. The Bertz CT molecular complexity index is 1300. The Balaban J connectivity index is 1.92. The molecule has 0 heterocycles. The number of rotatable bonds is 2. The minimum Gasteiger partial charge on any atom is -0.298 e. The average Bonchev–Trinajstić information content (AvgIpc) is 2.71. The van der Waals surface area contributed by atoms with Gasteiger partial charge in [-0.3, -0.25) is 4.79 Å². The molecular formula is C25H16O. The number of fused-ring (bicyclic) bond motifs is 3. The molecule has 26 heavy (non-hydrogen) atoms. The van der Waals surface area contributed by atoms with Gasteiger partial charge >= 0.3 is 0 Å². The minimum absolute atomic E-state index is 0.706. The van der Waals surface area contributed by atoms with Crippen molar-refractivity contribution in [3.05, 3.63) is 96.6 Å². The van der Waals surface area contributed by atoms with Crippen molar-refractivity contribution in [2.75, 3.05) is 0 Å². The highest BCUT2D eigenvalue weighted by molar-refractivity contribution is 6.14. The van der Waals surface area contributed by atoms with E-state index in [4.69, 9.17) is 0 Å². The first-order valence-electron chi connectivity index (χ1n) is 8.73. The van der Waals surface area contributed by atoms with Crippen molar-refractivity contribution in [3.8, 4) is 11.1 Å². The van der Waals surface area contributed by atoms with Gasteiger partial charge in [-0.1, -0.05) is 72.8 Å². The third-order valence-electron chi connectivity index (χ3n) is 5.06. The van der Waals surface area contributed by atoms with Gasteiger partial charge in [-0.05, 0) is 61.6 Å². The van der Waals surface area contributed by atoms with Gasteiger partial charge in [0, 0.05) is 5.56 Å². The van der Waals surface area contributed by atoms with E-state index in [0.717, 1.165) is 11.7 Å². The quantitative estimate of drug-likeness (QED) is 0.262. The molecule has 0 spiro atoms. The lowest BCUT2D eigenvalue weighted by atomic mass is 9.90. The molecule has 0 bridgehead atoms. The second kappa shape index (κ2) is 5.82. The van der Waals surface area contributed by atoms with Crippen molar-refractivity contribution in [3.63, 3.8) is 0 Å². The van der Waals surface area contributed by atoms with Crippen LogP contribution in [0.3, 0.4) is 0 Å². The van der Waals surface area contributed by atoms with Gasteiger partial charge in [0.15, 0.2) is 0 Å². The molecule has 0 aliphatic carbocycles. The maximum atomic E-state index is 11.2. The summed E-state index contributed by atoms with van der Waals surface area (Å²) in [5.74, 6) is 0. The fourth-order valence-electron chi connectivity index (χ4n) is 3.82. The van der Waals surface area contributed by atoms with E-state index in [9.17, 15) is 4.79 Å². The van der Waals surface area contributed by atoms with Crippen molar-refractivity contribution >= 4 is 38.6 Å². The topological polar surface area (TPSA) is 17.1 Å². The molecule has 0 atom stereocenters. The first kappa shape index (κ1) is 14.9. The first-order chi connectivity index (χ1) is 12.8. The maximum absolute atomic E-state index is 11.2. The van der Waals surface area contributed by atoms with Crippen LogP contribution in [0.25, 0.3) is 43.4 Å². The number of carbonyl (C=O) groups excluding carboxylic acids is 1. The monoisotopic (exact) mass is 332 g/mol. The van der Waals surface area contributed by atoms with Gasteiger partial charge in [0.1, 0.15) is 6.29 Å².